The molecule has 0 spiro atoms. The third kappa shape index (κ3) is 2.99. The van der Waals surface area contributed by atoms with Crippen LogP contribution in [-0.2, 0) is 6.42 Å². The Bertz CT molecular complexity index is 314. The molecule has 1 heterocycles. The number of nitrogens with zero attached hydrogens (tertiary/aromatic N) is 1. The molecule has 1 unspecified atom stereocenters. The second-order valence-corrected chi connectivity index (χ2v) is 5.10. The average molecular weight is 238 g/mol. The van der Waals surface area contributed by atoms with E-state index in [2.05, 4.69) is 36.1 Å². The topological polar surface area (TPSA) is 3.24 Å². The van der Waals surface area contributed by atoms with Crippen molar-refractivity contribution in [3.05, 3.63) is 35.4 Å². The first-order valence-electron chi connectivity index (χ1n) is 6.25. The summed E-state index contributed by atoms with van der Waals surface area (Å²) >= 11 is 6.44. The van der Waals surface area contributed by atoms with Gasteiger partial charge in [-0.25, -0.2) is 0 Å². The van der Waals surface area contributed by atoms with Gasteiger partial charge in [0, 0.05) is 6.54 Å². The Balaban J connectivity index is 1.94. The first-order valence-corrected chi connectivity index (χ1v) is 6.68. The third-order valence-corrected chi connectivity index (χ3v) is 3.76. The Kier molecular flexibility index (Phi) is 4.25. The van der Waals surface area contributed by atoms with Crippen molar-refractivity contribution in [2.75, 3.05) is 19.6 Å². The minimum absolute atomic E-state index is 0.143. The van der Waals surface area contributed by atoms with Gasteiger partial charge in [0.1, 0.15) is 0 Å². The van der Waals surface area contributed by atoms with Gasteiger partial charge in [-0.3, -0.25) is 0 Å². The molecule has 1 aliphatic rings. The Hall–Kier alpha value is -0.530. The number of aryl methyl sites for hydroxylation is 1. The number of rotatable bonds is 4. The van der Waals surface area contributed by atoms with Crippen molar-refractivity contribution < 1.29 is 0 Å². The Morgan fingerprint density at radius 1 is 1.19 bits per heavy atom. The van der Waals surface area contributed by atoms with E-state index < -0.39 is 0 Å². The van der Waals surface area contributed by atoms with E-state index in [0.717, 1.165) is 13.0 Å². The number of hydrogen-bond donors (Lipinski definition) is 0. The molecule has 1 aromatic rings. The largest absolute Gasteiger partial charge is 0.302 e. The van der Waals surface area contributed by atoms with Gasteiger partial charge in [-0.05, 0) is 43.5 Å². The molecular weight excluding hydrogens is 218 g/mol. The highest BCUT2D eigenvalue weighted by atomic mass is 35.5. The summed E-state index contributed by atoms with van der Waals surface area (Å²) in [7, 11) is 0. The lowest BCUT2D eigenvalue weighted by molar-refractivity contribution is 0.339. The molecule has 1 nitrogen and oxygen atoms in total. The van der Waals surface area contributed by atoms with Gasteiger partial charge >= 0.3 is 0 Å². The molecule has 0 saturated carbocycles. The summed E-state index contributed by atoms with van der Waals surface area (Å²) in [4.78, 5) is 2.46. The first kappa shape index (κ1) is 11.9. The van der Waals surface area contributed by atoms with Crippen molar-refractivity contribution >= 4 is 11.6 Å². The fourth-order valence-corrected chi connectivity index (χ4v) is 2.60. The van der Waals surface area contributed by atoms with Gasteiger partial charge in [0.2, 0.25) is 0 Å². The first-order chi connectivity index (χ1) is 7.79. The Labute approximate surface area is 103 Å². The zero-order valence-corrected chi connectivity index (χ0v) is 10.7. The number of halogens is 1. The van der Waals surface area contributed by atoms with Gasteiger partial charge in [0.05, 0.1) is 5.38 Å². The summed E-state index contributed by atoms with van der Waals surface area (Å²) in [6.45, 7) is 5.61. The van der Waals surface area contributed by atoms with Crippen LogP contribution in [0.2, 0.25) is 0 Å². The zero-order chi connectivity index (χ0) is 11.4. The van der Waals surface area contributed by atoms with Crippen LogP contribution in [0.1, 0.15) is 36.3 Å². The van der Waals surface area contributed by atoms with Crippen LogP contribution in [0.25, 0.3) is 0 Å². The maximum Gasteiger partial charge on any atom is 0.0712 e. The molecule has 0 amide bonds. The second-order valence-electron chi connectivity index (χ2n) is 4.57. The molecule has 1 aromatic carbocycles. The lowest BCUT2D eigenvalue weighted by Gasteiger charge is -2.19. The van der Waals surface area contributed by atoms with E-state index in [1.54, 1.807) is 0 Å². The molecule has 88 valence electrons. The molecule has 2 rings (SSSR count). The molecule has 0 aromatic heterocycles. The molecular formula is C14H20ClN. The Morgan fingerprint density at radius 3 is 2.38 bits per heavy atom. The Morgan fingerprint density at radius 2 is 1.81 bits per heavy atom. The summed E-state index contributed by atoms with van der Waals surface area (Å²) in [5, 5.41) is 0.143. The lowest BCUT2D eigenvalue weighted by atomic mass is 10.1. The van der Waals surface area contributed by atoms with Gasteiger partial charge in [-0.2, -0.15) is 0 Å². The van der Waals surface area contributed by atoms with Gasteiger partial charge in [0.25, 0.3) is 0 Å². The van der Waals surface area contributed by atoms with Crippen molar-refractivity contribution in [2.24, 2.45) is 0 Å². The third-order valence-electron chi connectivity index (χ3n) is 3.37. The number of likely N-dealkylation sites (tertiary alicyclic amines) is 1. The molecule has 16 heavy (non-hydrogen) atoms. The minimum atomic E-state index is 0.143. The van der Waals surface area contributed by atoms with E-state index in [0.29, 0.717) is 0 Å². The predicted octanol–water partition coefficient (Wildman–Crippen LogP) is 3.62. The average Bonchev–Trinajstić information content (AvgIpc) is 2.82. The molecule has 1 atom stereocenters. The summed E-state index contributed by atoms with van der Waals surface area (Å²) in [5.74, 6) is 0. The zero-order valence-electron chi connectivity index (χ0n) is 9.95. The molecule has 0 radical (unpaired) electrons. The van der Waals surface area contributed by atoms with Crippen LogP contribution in [-0.4, -0.2) is 24.5 Å². The van der Waals surface area contributed by atoms with Crippen molar-refractivity contribution in [2.45, 2.75) is 31.6 Å². The smallest absolute Gasteiger partial charge is 0.0712 e. The molecule has 0 aliphatic carbocycles. The fourth-order valence-electron chi connectivity index (χ4n) is 2.26. The van der Waals surface area contributed by atoms with Crippen LogP contribution in [0.5, 0.6) is 0 Å². The SMILES string of the molecule is CCc1ccc(C(Cl)CN2CCCC2)cc1. The van der Waals surface area contributed by atoms with Crippen LogP contribution in [0.4, 0.5) is 0 Å². The number of benzene rings is 1. The number of hydrogen-bond acceptors (Lipinski definition) is 1. The number of alkyl halides is 1. The summed E-state index contributed by atoms with van der Waals surface area (Å²) < 4.78 is 0. The van der Waals surface area contributed by atoms with Gasteiger partial charge in [-0.1, -0.05) is 31.2 Å². The van der Waals surface area contributed by atoms with Crippen molar-refractivity contribution in [3.8, 4) is 0 Å². The summed E-state index contributed by atoms with van der Waals surface area (Å²) in [6.07, 6.45) is 3.76. The van der Waals surface area contributed by atoms with E-state index in [1.807, 2.05) is 0 Å². The van der Waals surface area contributed by atoms with E-state index in [4.69, 9.17) is 11.6 Å². The van der Waals surface area contributed by atoms with Crippen LogP contribution >= 0.6 is 11.6 Å². The monoisotopic (exact) mass is 237 g/mol. The highest BCUT2D eigenvalue weighted by Gasteiger charge is 2.16. The molecule has 1 saturated heterocycles. The molecule has 0 bridgehead atoms. The minimum Gasteiger partial charge on any atom is -0.302 e. The predicted molar refractivity (Wildman–Crippen MR) is 70.1 cm³/mol. The van der Waals surface area contributed by atoms with Crippen molar-refractivity contribution in [3.63, 3.8) is 0 Å². The van der Waals surface area contributed by atoms with Crippen molar-refractivity contribution in [1.82, 2.24) is 4.90 Å². The summed E-state index contributed by atoms with van der Waals surface area (Å²) in [5.41, 5.74) is 2.64. The quantitative estimate of drug-likeness (QED) is 0.723. The van der Waals surface area contributed by atoms with Crippen LogP contribution in [0.15, 0.2) is 24.3 Å². The van der Waals surface area contributed by atoms with Gasteiger partial charge in [0.15, 0.2) is 0 Å². The molecule has 1 aliphatic heterocycles. The highest BCUT2D eigenvalue weighted by molar-refractivity contribution is 6.21. The van der Waals surface area contributed by atoms with E-state index in [9.17, 15) is 0 Å². The van der Waals surface area contributed by atoms with Crippen LogP contribution in [0.3, 0.4) is 0 Å². The van der Waals surface area contributed by atoms with Gasteiger partial charge < -0.3 is 4.90 Å². The van der Waals surface area contributed by atoms with Crippen LogP contribution < -0.4 is 0 Å². The van der Waals surface area contributed by atoms with E-state index in [1.165, 1.54) is 37.1 Å². The fraction of sp³-hybridized carbons (Fsp3) is 0.571. The molecule has 1 fully saturated rings. The van der Waals surface area contributed by atoms with Crippen molar-refractivity contribution in [1.29, 1.82) is 0 Å². The van der Waals surface area contributed by atoms with E-state index in [-0.39, 0.29) is 5.38 Å². The lowest BCUT2D eigenvalue weighted by Crippen LogP contribution is -2.23. The van der Waals surface area contributed by atoms with Crippen LogP contribution in [0, 0.1) is 0 Å². The van der Waals surface area contributed by atoms with E-state index >= 15 is 0 Å². The standard InChI is InChI=1S/C14H20ClN/c1-2-12-5-7-13(8-6-12)14(15)11-16-9-3-4-10-16/h5-8,14H,2-4,9-11H2,1H3. The maximum atomic E-state index is 6.44. The maximum absolute atomic E-state index is 6.44. The van der Waals surface area contributed by atoms with Gasteiger partial charge in [-0.15, -0.1) is 11.6 Å². The summed E-state index contributed by atoms with van der Waals surface area (Å²) in [6, 6.07) is 8.72. The molecule has 0 N–H and O–H groups in total. The highest BCUT2D eigenvalue weighted by Crippen LogP contribution is 2.23. The second kappa shape index (κ2) is 5.70. The molecule has 2 heteroatoms. The normalized spacial score (nSPS) is 18.9.